The molecule has 1 saturated heterocycles. The van der Waals surface area contributed by atoms with Crippen molar-refractivity contribution in [1.29, 1.82) is 0 Å². The van der Waals surface area contributed by atoms with Crippen LogP contribution in [0.15, 0.2) is 0 Å². The van der Waals surface area contributed by atoms with Crippen molar-refractivity contribution >= 4 is 6.03 Å². The summed E-state index contributed by atoms with van der Waals surface area (Å²) in [6.07, 6.45) is -3.73. The lowest BCUT2D eigenvalue weighted by Crippen LogP contribution is -2.54. The standard InChI is InChI=1S/C13H23F3N2O2/c1-3-12(2)10-18(8-9-20-12)11(19)17-7-5-4-6-13(14,15)16/h3-10H2,1-2H3,(H,17,19)/t12-/m0/s1. The van der Waals surface area contributed by atoms with Crippen LogP contribution in [0.2, 0.25) is 0 Å². The minimum absolute atomic E-state index is 0.0412. The summed E-state index contributed by atoms with van der Waals surface area (Å²) >= 11 is 0. The number of nitrogens with zero attached hydrogens (tertiary/aromatic N) is 1. The van der Waals surface area contributed by atoms with Gasteiger partial charge in [-0.3, -0.25) is 0 Å². The Bertz CT molecular complexity index is 323. The van der Waals surface area contributed by atoms with Crippen LogP contribution in [0, 0.1) is 0 Å². The summed E-state index contributed by atoms with van der Waals surface area (Å²) in [5.74, 6) is 0. The van der Waals surface area contributed by atoms with E-state index < -0.39 is 12.6 Å². The van der Waals surface area contributed by atoms with E-state index >= 15 is 0 Å². The molecule has 0 radical (unpaired) electrons. The van der Waals surface area contributed by atoms with Crippen molar-refractivity contribution in [3.63, 3.8) is 0 Å². The van der Waals surface area contributed by atoms with Gasteiger partial charge in [0.1, 0.15) is 0 Å². The van der Waals surface area contributed by atoms with Gasteiger partial charge in [-0.05, 0) is 26.2 Å². The molecule has 118 valence electrons. The van der Waals surface area contributed by atoms with E-state index in [4.69, 9.17) is 4.74 Å². The van der Waals surface area contributed by atoms with Gasteiger partial charge in [0.15, 0.2) is 0 Å². The maximum atomic E-state index is 11.9. The van der Waals surface area contributed by atoms with Crippen molar-refractivity contribution in [2.75, 3.05) is 26.2 Å². The topological polar surface area (TPSA) is 41.6 Å². The van der Waals surface area contributed by atoms with Gasteiger partial charge in [0.05, 0.1) is 18.8 Å². The highest BCUT2D eigenvalue weighted by molar-refractivity contribution is 5.74. The summed E-state index contributed by atoms with van der Waals surface area (Å²) in [6.45, 7) is 5.75. The summed E-state index contributed by atoms with van der Waals surface area (Å²) in [5.41, 5.74) is -0.328. The van der Waals surface area contributed by atoms with E-state index in [1.165, 1.54) is 0 Å². The number of hydrogen-bond acceptors (Lipinski definition) is 2. The number of rotatable bonds is 5. The zero-order chi connectivity index (χ0) is 15.2. The number of morpholine rings is 1. The van der Waals surface area contributed by atoms with Gasteiger partial charge in [0.2, 0.25) is 0 Å². The third-order valence-corrected chi connectivity index (χ3v) is 3.54. The normalized spacial score (nSPS) is 23.8. The van der Waals surface area contributed by atoms with E-state index in [1.54, 1.807) is 4.90 Å². The Morgan fingerprint density at radius 3 is 2.70 bits per heavy atom. The fraction of sp³-hybridized carbons (Fsp3) is 0.923. The van der Waals surface area contributed by atoms with Crippen molar-refractivity contribution in [1.82, 2.24) is 10.2 Å². The molecule has 4 nitrogen and oxygen atoms in total. The Labute approximate surface area is 117 Å². The molecule has 1 atom stereocenters. The minimum Gasteiger partial charge on any atom is -0.372 e. The second kappa shape index (κ2) is 7.15. The minimum atomic E-state index is -4.11. The Morgan fingerprint density at radius 2 is 2.10 bits per heavy atom. The molecule has 1 N–H and O–H groups in total. The van der Waals surface area contributed by atoms with Crippen LogP contribution in [0.25, 0.3) is 0 Å². The van der Waals surface area contributed by atoms with Crippen molar-refractivity contribution in [2.24, 2.45) is 0 Å². The van der Waals surface area contributed by atoms with E-state index in [9.17, 15) is 18.0 Å². The van der Waals surface area contributed by atoms with Gasteiger partial charge in [-0.15, -0.1) is 0 Å². The lowest BCUT2D eigenvalue weighted by Gasteiger charge is -2.39. The van der Waals surface area contributed by atoms with Crippen LogP contribution < -0.4 is 5.32 Å². The third-order valence-electron chi connectivity index (χ3n) is 3.54. The van der Waals surface area contributed by atoms with Gasteiger partial charge in [0, 0.05) is 19.5 Å². The lowest BCUT2D eigenvalue weighted by molar-refractivity contribution is -0.135. The zero-order valence-corrected chi connectivity index (χ0v) is 12.1. The molecule has 20 heavy (non-hydrogen) atoms. The number of ether oxygens (including phenoxy) is 1. The summed E-state index contributed by atoms with van der Waals surface area (Å²) < 4.78 is 41.5. The SMILES string of the molecule is CC[C@@]1(C)CN(C(=O)NCCCCC(F)(F)F)CCO1. The molecule has 0 aromatic rings. The number of nitrogens with one attached hydrogen (secondary N) is 1. The van der Waals surface area contributed by atoms with Crippen LogP contribution in [0.1, 0.15) is 39.5 Å². The van der Waals surface area contributed by atoms with Gasteiger partial charge in [-0.1, -0.05) is 6.92 Å². The van der Waals surface area contributed by atoms with Crippen molar-refractivity contribution in [2.45, 2.75) is 51.3 Å². The zero-order valence-electron chi connectivity index (χ0n) is 12.1. The van der Waals surface area contributed by atoms with Gasteiger partial charge >= 0.3 is 12.2 Å². The maximum Gasteiger partial charge on any atom is 0.389 e. The van der Waals surface area contributed by atoms with E-state index in [2.05, 4.69) is 5.32 Å². The molecule has 1 rings (SSSR count). The number of amides is 2. The largest absolute Gasteiger partial charge is 0.389 e. The van der Waals surface area contributed by atoms with Crippen LogP contribution in [0.3, 0.4) is 0 Å². The molecule has 0 aromatic carbocycles. The molecular formula is C13H23F3N2O2. The second-order valence-corrected chi connectivity index (χ2v) is 5.38. The molecule has 2 amide bonds. The Kier molecular flexibility index (Phi) is 6.10. The van der Waals surface area contributed by atoms with Gasteiger partial charge in [-0.25, -0.2) is 4.79 Å². The highest BCUT2D eigenvalue weighted by atomic mass is 19.4. The molecule has 7 heteroatoms. The van der Waals surface area contributed by atoms with E-state index in [1.807, 2.05) is 13.8 Å². The molecule has 0 saturated carbocycles. The fourth-order valence-corrected chi connectivity index (χ4v) is 2.08. The number of carbonyl (C=O) groups excluding carboxylic acids is 1. The first-order chi connectivity index (χ1) is 9.26. The first-order valence-corrected chi connectivity index (χ1v) is 6.99. The van der Waals surface area contributed by atoms with E-state index in [0.717, 1.165) is 6.42 Å². The van der Waals surface area contributed by atoms with E-state index in [0.29, 0.717) is 26.1 Å². The average molecular weight is 296 g/mol. The number of unbranched alkanes of at least 4 members (excludes halogenated alkanes) is 1. The first-order valence-electron chi connectivity index (χ1n) is 6.99. The molecular weight excluding hydrogens is 273 g/mol. The Balaban J connectivity index is 2.22. The summed E-state index contributed by atoms with van der Waals surface area (Å²) in [6, 6.07) is -0.222. The lowest BCUT2D eigenvalue weighted by atomic mass is 10.0. The van der Waals surface area contributed by atoms with Crippen molar-refractivity contribution < 1.29 is 22.7 Å². The Hall–Kier alpha value is -0.980. The Morgan fingerprint density at radius 1 is 1.40 bits per heavy atom. The monoisotopic (exact) mass is 296 g/mol. The van der Waals surface area contributed by atoms with Gasteiger partial charge < -0.3 is 15.0 Å². The molecule has 0 aliphatic carbocycles. The van der Waals surface area contributed by atoms with Crippen molar-refractivity contribution in [3.05, 3.63) is 0 Å². The highest BCUT2D eigenvalue weighted by Crippen LogP contribution is 2.22. The van der Waals surface area contributed by atoms with E-state index in [-0.39, 0.29) is 24.6 Å². The third kappa shape index (κ3) is 5.98. The number of hydrogen-bond donors (Lipinski definition) is 1. The average Bonchev–Trinajstić information content (AvgIpc) is 2.37. The summed E-state index contributed by atoms with van der Waals surface area (Å²) in [5, 5.41) is 2.66. The van der Waals surface area contributed by atoms with Crippen LogP contribution in [0.5, 0.6) is 0 Å². The van der Waals surface area contributed by atoms with Crippen LogP contribution in [-0.2, 0) is 4.74 Å². The smallest absolute Gasteiger partial charge is 0.372 e. The van der Waals surface area contributed by atoms with Crippen LogP contribution >= 0.6 is 0 Å². The molecule has 0 spiro atoms. The molecule has 1 aliphatic heterocycles. The quantitative estimate of drug-likeness (QED) is 0.793. The maximum absolute atomic E-state index is 11.9. The molecule has 0 unspecified atom stereocenters. The summed E-state index contributed by atoms with van der Waals surface area (Å²) in [7, 11) is 0. The molecule has 1 aliphatic rings. The van der Waals surface area contributed by atoms with Crippen molar-refractivity contribution in [3.8, 4) is 0 Å². The predicted molar refractivity (Wildman–Crippen MR) is 69.5 cm³/mol. The number of urea groups is 1. The number of alkyl halides is 3. The molecule has 1 fully saturated rings. The molecule has 1 heterocycles. The van der Waals surface area contributed by atoms with Crippen LogP contribution in [0.4, 0.5) is 18.0 Å². The predicted octanol–water partition coefficient (Wildman–Crippen LogP) is 2.93. The number of carbonyl (C=O) groups is 1. The first kappa shape index (κ1) is 17.1. The fourth-order valence-electron chi connectivity index (χ4n) is 2.08. The van der Waals surface area contributed by atoms with Crippen LogP contribution in [-0.4, -0.2) is 48.9 Å². The number of halogens is 3. The molecule has 0 bridgehead atoms. The second-order valence-electron chi connectivity index (χ2n) is 5.38. The highest BCUT2D eigenvalue weighted by Gasteiger charge is 2.32. The van der Waals surface area contributed by atoms with Gasteiger partial charge in [0.25, 0.3) is 0 Å². The van der Waals surface area contributed by atoms with Gasteiger partial charge in [-0.2, -0.15) is 13.2 Å². The summed E-state index contributed by atoms with van der Waals surface area (Å²) in [4.78, 5) is 13.6. The molecule has 0 aromatic heterocycles.